The maximum atomic E-state index is 13.9. The van der Waals surface area contributed by atoms with E-state index in [1.165, 1.54) is 11.5 Å². The first kappa shape index (κ1) is 27.1. The normalized spacial score (nSPS) is 10.8. The van der Waals surface area contributed by atoms with E-state index in [0.29, 0.717) is 16.7 Å². The maximum absolute atomic E-state index is 13.9. The van der Waals surface area contributed by atoms with Crippen LogP contribution in [-0.2, 0) is 37.0 Å². The lowest BCUT2D eigenvalue weighted by atomic mass is 10.1. The molecule has 0 atom stereocenters. The minimum Gasteiger partial charge on any atom is -0.489 e. The second-order valence-electron chi connectivity index (χ2n) is 8.72. The van der Waals surface area contributed by atoms with Gasteiger partial charge in [0.15, 0.2) is 5.75 Å². The third-order valence-electron chi connectivity index (χ3n) is 5.68. The van der Waals surface area contributed by atoms with E-state index in [0.717, 1.165) is 25.0 Å². The van der Waals surface area contributed by atoms with Crippen molar-refractivity contribution in [1.82, 2.24) is 4.57 Å². The molecule has 0 saturated carbocycles. The minimum absolute atomic E-state index is 0.139. The molecule has 0 aliphatic heterocycles. The Morgan fingerprint density at radius 1 is 0.769 bits per heavy atom. The molecule has 0 saturated heterocycles. The summed E-state index contributed by atoms with van der Waals surface area (Å²) < 4.78 is 23.4. The average Bonchev–Trinajstić information content (AvgIpc) is 2.90. The number of pyridine rings is 1. The van der Waals surface area contributed by atoms with Crippen LogP contribution in [0.2, 0.25) is 0 Å². The predicted octanol–water partition coefficient (Wildman–Crippen LogP) is 4.68. The minimum atomic E-state index is -1.75. The van der Waals surface area contributed by atoms with E-state index in [1.54, 1.807) is 18.2 Å². The van der Waals surface area contributed by atoms with Crippen molar-refractivity contribution in [2.45, 2.75) is 40.2 Å². The highest BCUT2D eigenvalue weighted by atomic mass is 16.7. The second-order valence-corrected chi connectivity index (χ2v) is 8.72. The summed E-state index contributed by atoms with van der Waals surface area (Å²) in [5, 5.41) is 0.325. The fraction of sp³-hybridized carbons (Fsp3) is 0.200. The lowest BCUT2D eigenvalue weighted by Crippen LogP contribution is -2.31. The van der Waals surface area contributed by atoms with E-state index < -0.39 is 29.8 Å². The van der Waals surface area contributed by atoms with Gasteiger partial charge in [-0.25, -0.2) is 0 Å². The van der Waals surface area contributed by atoms with Gasteiger partial charge in [0.25, 0.3) is 11.8 Å². The average molecular weight is 530 g/mol. The number of carbonyl (C=O) groups is 3. The second kappa shape index (κ2) is 12.1. The number of aromatic nitrogens is 1. The number of carbonyl (C=O) groups excluding carboxylic acids is 3. The number of rotatable bonds is 9. The molecule has 0 aliphatic carbocycles. The molecule has 9 heteroatoms. The van der Waals surface area contributed by atoms with Crippen LogP contribution in [0.4, 0.5) is 0 Å². The molecule has 39 heavy (non-hydrogen) atoms. The molecule has 0 aliphatic rings. The summed E-state index contributed by atoms with van der Waals surface area (Å²) in [6.07, 6.45) is -1.75. The molecule has 4 rings (SSSR count). The zero-order chi connectivity index (χ0) is 27.9. The topological polar surface area (TPSA) is 110 Å². The standard InChI is InChI=1S/C30H27NO8/c1-19(32)37-28-25-16-24(36-18-23-12-8-5-9-13-23)14-15-26(25)31(17-22-10-6-4-7-11-22)29(35)27(28)30(38-20(2)33)39-21(3)34/h4-16,30H,17-18H2,1-3H3. The predicted molar refractivity (Wildman–Crippen MR) is 142 cm³/mol. The quantitative estimate of drug-likeness (QED) is 0.227. The van der Waals surface area contributed by atoms with Gasteiger partial charge in [-0.3, -0.25) is 19.2 Å². The molecule has 0 amide bonds. The Kier molecular flexibility index (Phi) is 8.40. The summed E-state index contributed by atoms with van der Waals surface area (Å²) >= 11 is 0. The van der Waals surface area contributed by atoms with Crippen molar-refractivity contribution in [3.05, 3.63) is 106 Å². The number of ether oxygens (including phenoxy) is 4. The first-order chi connectivity index (χ1) is 18.7. The van der Waals surface area contributed by atoms with E-state index in [1.807, 2.05) is 60.7 Å². The molecule has 0 fully saturated rings. The van der Waals surface area contributed by atoms with Crippen LogP contribution in [0.5, 0.6) is 11.5 Å². The van der Waals surface area contributed by atoms with Crippen molar-refractivity contribution in [2.24, 2.45) is 0 Å². The van der Waals surface area contributed by atoms with E-state index >= 15 is 0 Å². The van der Waals surface area contributed by atoms with E-state index in [4.69, 9.17) is 18.9 Å². The molecular formula is C30H27NO8. The third kappa shape index (κ3) is 6.70. The van der Waals surface area contributed by atoms with Gasteiger partial charge in [-0.1, -0.05) is 60.7 Å². The molecule has 0 N–H and O–H groups in total. The molecule has 0 unspecified atom stereocenters. The first-order valence-corrected chi connectivity index (χ1v) is 12.2. The van der Waals surface area contributed by atoms with Crippen molar-refractivity contribution < 1.29 is 33.3 Å². The number of benzene rings is 3. The number of hydrogen-bond donors (Lipinski definition) is 0. The summed E-state index contributed by atoms with van der Waals surface area (Å²) in [5.74, 6) is -2.08. The van der Waals surface area contributed by atoms with E-state index in [9.17, 15) is 19.2 Å². The summed E-state index contributed by atoms with van der Waals surface area (Å²) in [5.41, 5.74) is 1.22. The third-order valence-corrected chi connectivity index (χ3v) is 5.68. The van der Waals surface area contributed by atoms with Crippen LogP contribution >= 0.6 is 0 Å². The highest BCUT2D eigenvalue weighted by Crippen LogP contribution is 2.36. The molecule has 3 aromatic carbocycles. The van der Waals surface area contributed by atoms with Crippen LogP contribution in [0.3, 0.4) is 0 Å². The van der Waals surface area contributed by atoms with Gasteiger partial charge in [-0.2, -0.15) is 0 Å². The molecule has 200 valence electrons. The van der Waals surface area contributed by atoms with Crippen LogP contribution in [-0.4, -0.2) is 22.5 Å². The van der Waals surface area contributed by atoms with Gasteiger partial charge >= 0.3 is 17.9 Å². The van der Waals surface area contributed by atoms with Crippen molar-refractivity contribution in [3.8, 4) is 11.5 Å². The number of hydrogen-bond acceptors (Lipinski definition) is 8. The molecule has 1 heterocycles. The van der Waals surface area contributed by atoms with Gasteiger partial charge in [-0.05, 0) is 29.3 Å². The molecule has 0 radical (unpaired) electrons. The molecule has 1 aromatic heterocycles. The highest BCUT2D eigenvalue weighted by Gasteiger charge is 2.31. The Hall–Kier alpha value is -4.92. The Morgan fingerprint density at radius 3 is 1.92 bits per heavy atom. The van der Waals surface area contributed by atoms with E-state index in [2.05, 4.69) is 0 Å². The van der Waals surface area contributed by atoms with Crippen LogP contribution in [0, 0.1) is 0 Å². The molecular weight excluding hydrogens is 502 g/mol. The van der Waals surface area contributed by atoms with E-state index in [-0.39, 0.29) is 24.5 Å². The number of fused-ring (bicyclic) bond motifs is 1. The summed E-state index contributed by atoms with van der Waals surface area (Å²) in [4.78, 5) is 50.0. The Labute approximate surface area is 224 Å². The number of esters is 3. The largest absolute Gasteiger partial charge is 0.489 e. The van der Waals surface area contributed by atoms with Gasteiger partial charge in [0.2, 0.25) is 0 Å². The number of nitrogens with zero attached hydrogens (tertiary/aromatic N) is 1. The van der Waals surface area contributed by atoms with Crippen LogP contribution in [0.1, 0.15) is 43.8 Å². The molecule has 9 nitrogen and oxygen atoms in total. The lowest BCUT2D eigenvalue weighted by Gasteiger charge is -2.22. The van der Waals surface area contributed by atoms with Gasteiger partial charge in [-0.15, -0.1) is 0 Å². The SMILES string of the molecule is CC(=O)Oc1c(C(OC(C)=O)OC(C)=O)c(=O)n(Cc2ccccc2)c2ccc(OCc3ccccc3)cc12. The molecule has 0 bridgehead atoms. The van der Waals surface area contributed by atoms with Crippen molar-refractivity contribution in [1.29, 1.82) is 0 Å². The Bertz CT molecular complexity index is 1550. The maximum Gasteiger partial charge on any atom is 0.308 e. The van der Waals surface area contributed by atoms with Gasteiger partial charge in [0, 0.05) is 26.2 Å². The first-order valence-electron chi connectivity index (χ1n) is 12.2. The van der Waals surface area contributed by atoms with Crippen LogP contribution < -0.4 is 15.0 Å². The van der Waals surface area contributed by atoms with Gasteiger partial charge in [0.05, 0.1) is 12.1 Å². The summed E-state index contributed by atoms with van der Waals surface area (Å²) in [6.45, 7) is 3.81. The Morgan fingerprint density at radius 2 is 1.36 bits per heavy atom. The fourth-order valence-corrected chi connectivity index (χ4v) is 4.09. The zero-order valence-corrected chi connectivity index (χ0v) is 21.7. The lowest BCUT2D eigenvalue weighted by molar-refractivity contribution is -0.186. The summed E-state index contributed by atoms with van der Waals surface area (Å²) in [7, 11) is 0. The smallest absolute Gasteiger partial charge is 0.308 e. The Balaban J connectivity index is 1.96. The van der Waals surface area contributed by atoms with Crippen molar-refractivity contribution in [3.63, 3.8) is 0 Å². The van der Waals surface area contributed by atoms with Gasteiger partial charge < -0.3 is 23.5 Å². The van der Waals surface area contributed by atoms with Crippen LogP contribution in [0.25, 0.3) is 10.9 Å². The van der Waals surface area contributed by atoms with Gasteiger partial charge in [0.1, 0.15) is 17.9 Å². The molecule has 0 spiro atoms. The molecule has 4 aromatic rings. The monoisotopic (exact) mass is 529 g/mol. The van der Waals surface area contributed by atoms with Crippen molar-refractivity contribution in [2.75, 3.05) is 0 Å². The fourth-order valence-electron chi connectivity index (χ4n) is 4.09. The van der Waals surface area contributed by atoms with Crippen molar-refractivity contribution >= 4 is 28.8 Å². The zero-order valence-electron chi connectivity index (χ0n) is 21.7. The van der Waals surface area contributed by atoms with Crippen LogP contribution in [0.15, 0.2) is 83.7 Å². The summed E-state index contributed by atoms with van der Waals surface area (Å²) in [6, 6.07) is 23.8. The highest BCUT2D eigenvalue weighted by molar-refractivity contribution is 5.90.